The summed E-state index contributed by atoms with van der Waals surface area (Å²) in [6.07, 6.45) is 1.21. The molecular weight excluding hydrogens is 449 g/mol. The van der Waals surface area contributed by atoms with Crippen LogP contribution in [0.4, 0.5) is 5.69 Å². The third-order valence-electron chi connectivity index (χ3n) is 3.85. The number of rotatable bonds is 4. The van der Waals surface area contributed by atoms with Crippen molar-refractivity contribution in [2.45, 2.75) is 32.2 Å². The van der Waals surface area contributed by atoms with Gasteiger partial charge in [0.05, 0.1) is 11.4 Å². The Hall–Kier alpha value is -1.61. The van der Waals surface area contributed by atoms with Crippen LogP contribution in [-0.2, 0) is 16.4 Å². The van der Waals surface area contributed by atoms with Crippen molar-refractivity contribution in [3.8, 4) is 0 Å². The molecule has 7 heteroatoms. The third kappa shape index (κ3) is 6.00. The predicted molar refractivity (Wildman–Crippen MR) is 115 cm³/mol. The maximum Gasteiger partial charge on any atom is 0.193 e. The van der Waals surface area contributed by atoms with E-state index in [-0.39, 0.29) is 24.0 Å². The topological polar surface area (TPSA) is 84.5 Å². The first-order chi connectivity index (χ1) is 11.2. The molecule has 0 aromatic heterocycles. The second-order valence-corrected chi connectivity index (χ2v) is 7.98. The summed E-state index contributed by atoms with van der Waals surface area (Å²) in [7, 11) is -3.20. The molecule has 0 saturated heterocycles. The van der Waals surface area contributed by atoms with Gasteiger partial charge in [-0.1, -0.05) is 18.2 Å². The summed E-state index contributed by atoms with van der Waals surface area (Å²) >= 11 is 0. The molecule has 0 aliphatic rings. The molecule has 0 unspecified atom stereocenters. The van der Waals surface area contributed by atoms with E-state index in [4.69, 9.17) is 5.73 Å². The van der Waals surface area contributed by atoms with Crippen LogP contribution >= 0.6 is 24.0 Å². The summed E-state index contributed by atoms with van der Waals surface area (Å²) in [5.41, 5.74) is 10.8. The molecule has 0 bridgehead atoms. The van der Waals surface area contributed by atoms with Crippen molar-refractivity contribution < 1.29 is 8.42 Å². The number of nitrogens with zero attached hydrogens (tertiary/aromatic N) is 1. The van der Waals surface area contributed by atoms with Crippen LogP contribution in [0.3, 0.4) is 0 Å². The van der Waals surface area contributed by atoms with E-state index in [1.54, 1.807) is 19.1 Å². The number of halogens is 1. The number of hydrogen-bond acceptors (Lipinski definition) is 3. The van der Waals surface area contributed by atoms with Crippen molar-refractivity contribution in [2.75, 3.05) is 11.6 Å². The van der Waals surface area contributed by atoms with Gasteiger partial charge in [-0.3, -0.25) is 0 Å². The Labute approximate surface area is 166 Å². The summed E-state index contributed by atoms with van der Waals surface area (Å²) in [5.74, 6) is 0.322. The summed E-state index contributed by atoms with van der Waals surface area (Å²) < 4.78 is 23.3. The average Bonchev–Trinajstić information content (AvgIpc) is 2.48. The first-order valence-corrected chi connectivity index (χ1v) is 9.50. The zero-order chi connectivity index (χ0) is 17.9. The number of anilines is 1. The fourth-order valence-corrected chi connectivity index (χ4v) is 3.37. The van der Waals surface area contributed by atoms with Crippen molar-refractivity contribution >= 4 is 45.5 Å². The minimum absolute atomic E-state index is 0. The molecule has 2 aromatic rings. The molecule has 0 amide bonds. The monoisotopic (exact) mass is 473 g/mol. The van der Waals surface area contributed by atoms with Gasteiger partial charge in [-0.2, -0.15) is 0 Å². The van der Waals surface area contributed by atoms with Crippen molar-refractivity contribution in [1.29, 1.82) is 0 Å². The number of aliphatic imine (C=N–C) groups is 1. The van der Waals surface area contributed by atoms with Crippen molar-refractivity contribution in [3.63, 3.8) is 0 Å². The molecule has 0 spiro atoms. The molecule has 25 heavy (non-hydrogen) atoms. The lowest BCUT2D eigenvalue weighted by atomic mass is 10.1. The molecule has 136 valence electrons. The molecule has 3 N–H and O–H groups in total. The summed E-state index contributed by atoms with van der Waals surface area (Å²) in [5, 5.41) is 3.06. The number of nitrogens with two attached hydrogens (primary N) is 1. The fraction of sp³-hybridized carbons (Fsp3) is 0.278. The molecule has 0 heterocycles. The molecule has 0 fully saturated rings. The van der Waals surface area contributed by atoms with Crippen LogP contribution in [0, 0.1) is 20.8 Å². The molecule has 0 atom stereocenters. The second-order valence-electron chi connectivity index (χ2n) is 6.00. The van der Waals surface area contributed by atoms with Gasteiger partial charge in [-0.05, 0) is 61.2 Å². The van der Waals surface area contributed by atoms with Gasteiger partial charge in [0.2, 0.25) is 0 Å². The first kappa shape index (κ1) is 21.4. The molecule has 0 aliphatic carbocycles. The average molecular weight is 473 g/mol. The fourth-order valence-electron chi connectivity index (χ4n) is 2.41. The highest BCUT2D eigenvalue weighted by Gasteiger charge is 2.10. The molecule has 2 aromatic carbocycles. The van der Waals surface area contributed by atoms with Crippen molar-refractivity contribution in [2.24, 2.45) is 10.7 Å². The van der Waals surface area contributed by atoms with E-state index in [0.29, 0.717) is 23.0 Å². The van der Waals surface area contributed by atoms with Crippen molar-refractivity contribution in [3.05, 3.63) is 58.7 Å². The van der Waals surface area contributed by atoms with Gasteiger partial charge in [0, 0.05) is 11.9 Å². The van der Waals surface area contributed by atoms with Crippen LogP contribution in [-0.4, -0.2) is 20.6 Å². The standard InChI is InChI=1S/C18H23N3O2S.HI/c1-12-5-7-16(10-13(12)2)21-18(19)20-11-15-6-8-17(14(3)9-15)24(4,22)23;/h5-10H,11H2,1-4H3,(H3,19,20,21);1H. The summed E-state index contributed by atoms with van der Waals surface area (Å²) in [6, 6.07) is 11.2. The maximum absolute atomic E-state index is 11.6. The lowest BCUT2D eigenvalue weighted by Crippen LogP contribution is -2.22. The van der Waals surface area contributed by atoms with Gasteiger partial charge >= 0.3 is 0 Å². The Morgan fingerprint density at radius 3 is 2.28 bits per heavy atom. The number of nitrogens with one attached hydrogen (secondary N) is 1. The normalized spacial score (nSPS) is 11.8. The zero-order valence-corrected chi connectivity index (χ0v) is 18.0. The summed E-state index contributed by atoms with van der Waals surface area (Å²) in [4.78, 5) is 4.65. The number of aryl methyl sites for hydroxylation is 3. The van der Waals surface area contributed by atoms with E-state index in [0.717, 1.165) is 11.3 Å². The van der Waals surface area contributed by atoms with E-state index in [9.17, 15) is 8.42 Å². The van der Waals surface area contributed by atoms with E-state index < -0.39 is 9.84 Å². The van der Waals surface area contributed by atoms with Gasteiger partial charge in [0.15, 0.2) is 15.8 Å². The number of guanidine groups is 1. The lowest BCUT2D eigenvalue weighted by Gasteiger charge is -2.09. The molecule has 0 saturated carbocycles. The zero-order valence-electron chi connectivity index (χ0n) is 14.8. The quantitative estimate of drug-likeness (QED) is 0.404. The number of sulfone groups is 1. The SMILES string of the molecule is Cc1ccc(NC(N)=NCc2ccc(S(C)(=O)=O)c(C)c2)cc1C.I. The molecule has 0 radical (unpaired) electrons. The predicted octanol–water partition coefficient (Wildman–Crippen LogP) is 3.56. The van der Waals surface area contributed by atoms with Gasteiger partial charge in [-0.25, -0.2) is 13.4 Å². The van der Waals surface area contributed by atoms with Crippen LogP contribution in [0.1, 0.15) is 22.3 Å². The van der Waals surface area contributed by atoms with E-state index in [1.807, 2.05) is 31.2 Å². The molecule has 2 rings (SSSR count). The highest BCUT2D eigenvalue weighted by molar-refractivity contribution is 14.0. The smallest absolute Gasteiger partial charge is 0.193 e. The van der Waals surface area contributed by atoms with Gasteiger partial charge in [-0.15, -0.1) is 24.0 Å². The van der Waals surface area contributed by atoms with Crippen LogP contribution < -0.4 is 11.1 Å². The third-order valence-corrected chi connectivity index (χ3v) is 5.11. The Kier molecular flexibility index (Phi) is 7.43. The van der Waals surface area contributed by atoms with Gasteiger partial charge in [0.25, 0.3) is 0 Å². The largest absolute Gasteiger partial charge is 0.370 e. The Morgan fingerprint density at radius 2 is 1.72 bits per heavy atom. The van der Waals surface area contributed by atoms with E-state index >= 15 is 0 Å². The van der Waals surface area contributed by atoms with Crippen LogP contribution in [0.2, 0.25) is 0 Å². The number of benzene rings is 2. The van der Waals surface area contributed by atoms with Gasteiger partial charge < -0.3 is 11.1 Å². The highest BCUT2D eigenvalue weighted by Crippen LogP contribution is 2.17. The van der Waals surface area contributed by atoms with Crippen LogP contribution in [0.25, 0.3) is 0 Å². The number of hydrogen-bond donors (Lipinski definition) is 2. The maximum atomic E-state index is 11.6. The van der Waals surface area contributed by atoms with Gasteiger partial charge in [0.1, 0.15) is 0 Å². The van der Waals surface area contributed by atoms with Crippen LogP contribution in [0.5, 0.6) is 0 Å². The van der Waals surface area contributed by atoms with E-state index in [2.05, 4.69) is 17.2 Å². The Balaban J connectivity index is 0.00000312. The molecular formula is C18H24IN3O2S. The highest BCUT2D eigenvalue weighted by atomic mass is 127. The first-order valence-electron chi connectivity index (χ1n) is 7.60. The Bertz CT molecular complexity index is 893. The van der Waals surface area contributed by atoms with E-state index in [1.165, 1.54) is 17.4 Å². The molecule has 5 nitrogen and oxygen atoms in total. The minimum Gasteiger partial charge on any atom is -0.370 e. The second kappa shape index (κ2) is 8.66. The minimum atomic E-state index is -3.20. The van der Waals surface area contributed by atoms with Crippen LogP contribution in [0.15, 0.2) is 46.3 Å². The summed E-state index contributed by atoms with van der Waals surface area (Å²) in [6.45, 7) is 6.26. The van der Waals surface area contributed by atoms with Crippen molar-refractivity contribution in [1.82, 2.24) is 0 Å². The lowest BCUT2D eigenvalue weighted by molar-refractivity contribution is 0.601. The molecule has 0 aliphatic heterocycles. The Morgan fingerprint density at radius 1 is 1.04 bits per heavy atom.